The number of carbonyl (C=O) groups is 1. The Bertz CT molecular complexity index is 1350. The summed E-state index contributed by atoms with van der Waals surface area (Å²) in [6.45, 7) is 5.59. The van der Waals surface area contributed by atoms with E-state index >= 15 is 0 Å². The molecule has 0 radical (unpaired) electrons. The summed E-state index contributed by atoms with van der Waals surface area (Å²) in [4.78, 5) is 32.0. The van der Waals surface area contributed by atoms with Crippen LogP contribution in [0.5, 0.6) is 0 Å². The predicted octanol–water partition coefficient (Wildman–Crippen LogP) is 3.68. The third-order valence-corrected chi connectivity index (χ3v) is 5.53. The largest absolute Gasteiger partial charge is 0.380 e. The van der Waals surface area contributed by atoms with Crippen molar-refractivity contribution in [3.63, 3.8) is 0 Å². The van der Waals surface area contributed by atoms with E-state index in [4.69, 9.17) is 4.98 Å². The fourth-order valence-electron chi connectivity index (χ4n) is 3.84. The Labute approximate surface area is 197 Å². The van der Waals surface area contributed by atoms with Crippen LogP contribution in [-0.4, -0.2) is 56.9 Å². The van der Waals surface area contributed by atoms with Crippen molar-refractivity contribution in [1.82, 2.24) is 24.8 Å². The summed E-state index contributed by atoms with van der Waals surface area (Å²) >= 11 is 0. The van der Waals surface area contributed by atoms with Gasteiger partial charge in [-0.25, -0.2) is 9.97 Å². The number of amides is 1. The number of anilines is 4. The molecule has 5 rings (SSSR count). The van der Waals surface area contributed by atoms with Crippen LogP contribution < -0.4 is 16.0 Å². The van der Waals surface area contributed by atoms with E-state index in [1.54, 1.807) is 30.7 Å². The summed E-state index contributed by atoms with van der Waals surface area (Å²) < 4.78 is 0. The van der Waals surface area contributed by atoms with E-state index in [2.05, 4.69) is 49.4 Å². The van der Waals surface area contributed by atoms with Gasteiger partial charge in [0.1, 0.15) is 11.2 Å². The van der Waals surface area contributed by atoms with Gasteiger partial charge in [0.2, 0.25) is 11.9 Å². The first-order valence-electron chi connectivity index (χ1n) is 10.9. The number of hydrogen-bond acceptors (Lipinski definition) is 8. The van der Waals surface area contributed by atoms with Gasteiger partial charge in [-0.3, -0.25) is 14.8 Å². The number of nitrogens with one attached hydrogen (secondary N) is 3. The van der Waals surface area contributed by atoms with Crippen molar-refractivity contribution in [2.75, 3.05) is 36.1 Å². The molecule has 9 heteroatoms. The van der Waals surface area contributed by atoms with E-state index in [1.807, 2.05) is 30.3 Å². The molecule has 9 nitrogen and oxygen atoms in total. The lowest BCUT2D eigenvalue weighted by Gasteiger charge is -2.37. The zero-order valence-corrected chi connectivity index (χ0v) is 18.7. The maximum absolute atomic E-state index is 11.7. The second-order valence-electron chi connectivity index (χ2n) is 8.18. The van der Waals surface area contributed by atoms with Gasteiger partial charge in [-0.2, -0.15) is 0 Å². The first-order chi connectivity index (χ1) is 16.6. The molecule has 34 heavy (non-hydrogen) atoms. The van der Waals surface area contributed by atoms with Gasteiger partial charge in [-0.15, -0.1) is 0 Å². The number of nitrogens with zero attached hydrogens (tertiary/aromatic N) is 5. The van der Waals surface area contributed by atoms with Crippen molar-refractivity contribution in [1.29, 1.82) is 0 Å². The van der Waals surface area contributed by atoms with E-state index in [9.17, 15) is 4.79 Å². The number of likely N-dealkylation sites (N-methyl/N-ethyl adjacent to an activating group) is 1. The van der Waals surface area contributed by atoms with Gasteiger partial charge in [0.05, 0.1) is 11.7 Å². The molecule has 1 amide bonds. The van der Waals surface area contributed by atoms with E-state index in [0.717, 1.165) is 29.9 Å². The summed E-state index contributed by atoms with van der Waals surface area (Å²) in [5.74, 6) is 0.164. The van der Waals surface area contributed by atoms with E-state index in [-0.39, 0.29) is 5.91 Å². The number of aromatic nitrogens is 4. The maximum Gasteiger partial charge on any atom is 0.247 e. The molecule has 0 unspecified atom stereocenters. The van der Waals surface area contributed by atoms with Crippen LogP contribution in [0.2, 0.25) is 0 Å². The summed E-state index contributed by atoms with van der Waals surface area (Å²) in [7, 11) is 2.11. The summed E-state index contributed by atoms with van der Waals surface area (Å²) in [5.41, 5.74) is 4.42. The molecule has 1 saturated heterocycles. The number of likely N-dealkylation sites (tertiary alicyclic amines) is 1. The van der Waals surface area contributed by atoms with Crippen LogP contribution in [-0.2, 0) is 4.79 Å². The number of fused-ring (bicyclic) bond motifs is 1. The van der Waals surface area contributed by atoms with Crippen molar-refractivity contribution < 1.29 is 4.79 Å². The zero-order chi connectivity index (χ0) is 23.5. The molecule has 1 aromatic carbocycles. The second kappa shape index (κ2) is 9.24. The predicted molar refractivity (Wildman–Crippen MR) is 134 cm³/mol. The highest BCUT2D eigenvalue weighted by atomic mass is 16.1. The van der Waals surface area contributed by atoms with Crippen LogP contribution >= 0.6 is 0 Å². The highest BCUT2D eigenvalue weighted by molar-refractivity contribution is 5.99. The zero-order valence-electron chi connectivity index (χ0n) is 18.7. The molecular formula is C25H24N8O. The molecular weight excluding hydrogens is 428 g/mol. The van der Waals surface area contributed by atoms with Crippen LogP contribution in [0.25, 0.3) is 22.3 Å². The average Bonchev–Trinajstić information content (AvgIpc) is 2.84. The van der Waals surface area contributed by atoms with Gasteiger partial charge in [-0.1, -0.05) is 6.58 Å². The van der Waals surface area contributed by atoms with Gasteiger partial charge in [0.25, 0.3) is 0 Å². The van der Waals surface area contributed by atoms with E-state index in [1.165, 1.54) is 6.08 Å². The van der Waals surface area contributed by atoms with Crippen LogP contribution in [0.4, 0.5) is 23.0 Å². The van der Waals surface area contributed by atoms with Crippen molar-refractivity contribution in [2.45, 2.75) is 6.04 Å². The molecule has 1 fully saturated rings. The Kier molecular flexibility index (Phi) is 5.84. The smallest absolute Gasteiger partial charge is 0.247 e. The number of pyridine rings is 2. The summed E-state index contributed by atoms with van der Waals surface area (Å²) in [6.07, 6.45) is 6.28. The molecule has 0 atom stereocenters. The second-order valence-corrected chi connectivity index (χ2v) is 8.18. The molecule has 0 spiro atoms. The van der Waals surface area contributed by atoms with Gasteiger partial charge >= 0.3 is 0 Å². The third-order valence-electron chi connectivity index (χ3n) is 5.53. The molecule has 0 aliphatic carbocycles. The summed E-state index contributed by atoms with van der Waals surface area (Å²) in [5, 5.41) is 10.4. The van der Waals surface area contributed by atoms with Gasteiger partial charge in [0, 0.05) is 54.1 Å². The monoisotopic (exact) mass is 452 g/mol. The molecule has 0 saturated carbocycles. The first kappa shape index (κ1) is 21.5. The Balaban J connectivity index is 1.38. The fourth-order valence-corrected chi connectivity index (χ4v) is 3.84. The van der Waals surface area contributed by atoms with Gasteiger partial charge in [-0.05, 0) is 55.6 Å². The van der Waals surface area contributed by atoms with Crippen molar-refractivity contribution >= 4 is 39.8 Å². The van der Waals surface area contributed by atoms with Gasteiger partial charge < -0.3 is 20.9 Å². The van der Waals surface area contributed by atoms with Crippen LogP contribution in [0.1, 0.15) is 0 Å². The Hall–Kier alpha value is -4.37. The van der Waals surface area contributed by atoms with Crippen molar-refractivity contribution in [3.8, 4) is 11.4 Å². The van der Waals surface area contributed by atoms with Crippen LogP contribution in [0.3, 0.4) is 0 Å². The average molecular weight is 453 g/mol. The molecule has 170 valence electrons. The molecule has 4 aromatic rings. The Morgan fingerprint density at radius 2 is 1.79 bits per heavy atom. The number of rotatable bonds is 7. The van der Waals surface area contributed by atoms with E-state index in [0.29, 0.717) is 34.6 Å². The molecule has 1 aliphatic rings. The lowest BCUT2D eigenvalue weighted by atomic mass is 10.1. The number of benzene rings is 1. The fraction of sp³-hybridized carbons (Fsp3) is 0.160. The third kappa shape index (κ3) is 4.69. The summed E-state index contributed by atoms with van der Waals surface area (Å²) in [6, 6.07) is 13.9. The SMILES string of the molecule is C=CC(=O)Nc1ccnc(-c2nccc3cnc(Nc4ccc(NC5CN(C)C5)cc4)nc23)c1. The Morgan fingerprint density at radius 3 is 2.56 bits per heavy atom. The molecule has 4 heterocycles. The van der Waals surface area contributed by atoms with Crippen LogP contribution in [0, 0.1) is 0 Å². The number of hydrogen-bond donors (Lipinski definition) is 3. The maximum atomic E-state index is 11.7. The standard InChI is InChI=1S/C25H24N8O/c1-3-22(34)30-19-9-11-26-21(12-19)24-23-16(8-10-27-24)13-28-25(32-23)31-18-6-4-17(5-7-18)29-20-14-33(2)15-20/h3-13,20,29H,1,14-15H2,2H3,(H,26,30,34)(H,28,31,32). The minimum absolute atomic E-state index is 0.293. The topological polar surface area (TPSA) is 108 Å². The number of carbonyl (C=O) groups excluding carboxylic acids is 1. The van der Waals surface area contributed by atoms with Crippen molar-refractivity contribution in [3.05, 3.63) is 73.7 Å². The van der Waals surface area contributed by atoms with E-state index < -0.39 is 0 Å². The quantitative estimate of drug-likeness (QED) is 0.365. The minimum atomic E-state index is -0.293. The highest BCUT2D eigenvalue weighted by Gasteiger charge is 2.22. The van der Waals surface area contributed by atoms with Crippen LogP contribution in [0.15, 0.2) is 73.7 Å². The minimum Gasteiger partial charge on any atom is -0.380 e. The van der Waals surface area contributed by atoms with Crippen molar-refractivity contribution in [2.24, 2.45) is 0 Å². The normalized spacial score (nSPS) is 13.8. The highest BCUT2D eigenvalue weighted by Crippen LogP contribution is 2.26. The molecule has 0 bridgehead atoms. The first-order valence-corrected chi connectivity index (χ1v) is 10.9. The molecule has 3 aromatic heterocycles. The lowest BCUT2D eigenvalue weighted by Crippen LogP contribution is -2.52. The Morgan fingerprint density at radius 1 is 1.03 bits per heavy atom. The molecule has 1 aliphatic heterocycles. The van der Waals surface area contributed by atoms with Gasteiger partial charge in [0.15, 0.2) is 0 Å². The molecule has 3 N–H and O–H groups in total. The lowest BCUT2D eigenvalue weighted by molar-refractivity contribution is -0.111.